The third kappa shape index (κ3) is 4.58. The summed E-state index contributed by atoms with van der Waals surface area (Å²) in [5.41, 5.74) is 1.06. The molecule has 2 aliphatic heterocycles. The van der Waals surface area contributed by atoms with Crippen molar-refractivity contribution in [3.63, 3.8) is 0 Å². The minimum absolute atomic E-state index is 0.0166. The Morgan fingerprint density at radius 1 is 1.40 bits per heavy atom. The molecular formula is C17H27N5O3. The molecule has 3 rings (SSSR count). The summed E-state index contributed by atoms with van der Waals surface area (Å²) < 4.78 is 5.32. The molecular weight excluding hydrogens is 322 g/mol. The Morgan fingerprint density at radius 2 is 2.16 bits per heavy atom. The molecule has 0 spiro atoms. The zero-order chi connectivity index (χ0) is 17.8. The number of aliphatic hydroxyl groups is 1. The predicted octanol–water partition coefficient (Wildman–Crippen LogP) is 1.19. The SMILES string of the molecule is C[C@@H](O)CN1CC=C(c2noc(CN(C)C(=O)N3CCCC3)n2)CC1. The molecule has 0 radical (unpaired) electrons. The van der Waals surface area contributed by atoms with Crippen molar-refractivity contribution < 1.29 is 14.4 Å². The molecule has 2 amide bonds. The molecule has 1 atom stereocenters. The van der Waals surface area contributed by atoms with Gasteiger partial charge in [0.25, 0.3) is 0 Å². The fourth-order valence-electron chi connectivity index (χ4n) is 3.32. The average Bonchev–Trinajstić information content (AvgIpc) is 3.26. The van der Waals surface area contributed by atoms with Crippen LogP contribution in [0, 0.1) is 0 Å². The van der Waals surface area contributed by atoms with Gasteiger partial charge in [0.2, 0.25) is 5.89 Å². The van der Waals surface area contributed by atoms with Crippen LogP contribution < -0.4 is 0 Å². The van der Waals surface area contributed by atoms with Crippen molar-refractivity contribution in [3.05, 3.63) is 17.8 Å². The number of amides is 2. The van der Waals surface area contributed by atoms with Gasteiger partial charge < -0.3 is 19.4 Å². The summed E-state index contributed by atoms with van der Waals surface area (Å²) in [5, 5.41) is 13.5. The van der Waals surface area contributed by atoms with Gasteiger partial charge in [0, 0.05) is 39.8 Å². The molecule has 25 heavy (non-hydrogen) atoms. The molecule has 8 nitrogen and oxygen atoms in total. The molecule has 0 bridgehead atoms. The van der Waals surface area contributed by atoms with Crippen LogP contribution in [-0.2, 0) is 6.54 Å². The molecule has 1 N–H and O–H groups in total. The smallest absolute Gasteiger partial charge is 0.320 e. The Kier molecular flexibility index (Phi) is 5.70. The number of β-amino-alcohol motifs (C(OH)–C–C–N with tert-alkyl or cyclic N) is 1. The van der Waals surface area contributed by atoms with E-state index in [1.807, 2.05) is 4.90 Å². The van der Waals surface area contributed by atoms with Crippen LogP contribution in [0.5, 0.6) is 0 Å². The molecule has 0 aliphatic carbocycles. The Balaban J connectivity index is 1.55. The quantitative estimate of drug-likeness (QED) is 0.859. The number of rotatable bonds is 5. The summed E-state index contributed by atoms with van der Waals surface area (Å²) in [6, 6.07) is 0.0166. The Morgan fingerprint density at radius 3 is 2.80 bits per heavy atom. The third-order valence-electron chi connectivity index (χ3n) is 4.65. The van der Waals surface area contributed by atoms with E-state index < -0.39 is 0 Å². The van der Waals surface area contributed by atoms with Crippen molar-refractivity contribution in [2.75, 3.05) is 39.8 Å². The van der Waals surface area contributed by atoms with Crippen LogP contribution in [0.1, 0.15) is 37.9 Å². The minimum Gasteiger partial charge on any atom is -0.392 e. The monoisotopic (exact) mass is 349 g/mol. The van der Waals surface area contributed by atoms with Gasteiger partial charge in [0.1, 0.15) is 6.54 Å². The number of aromatic nitrogens is 2. The Hall–Kier alpha value is -1.93. The highest BCUT2D eigenvalue weighted by Gasteiger charge is 2.23. The van der Waals surface area contributed by atoms with Crippen LogP contribution in [-0.4, -0.2) is 81.9 Å². The Labute approximate surface area is 148 Å². The first-order valence-corrected chi connectivity index (χ1v) is 8.95. The minimum atomic E-state index is -0.324. The molecule has 3 heterocycles. The second-order valence-corrected chi connectivity index (χ2v) is 6.93. The van der Waals surface area contributed by atoms with Crippen LogP contribution in [0.2, 0.25) is 0 Å². The maximum atomic E-state index is 12.3. The molecule has 2 aliphatic rings. The third-order valence-corrected chi connectivity index (χ3v) is 4.65. The van der Waals surface area contributed by atoms with Crippen LogP contribution in [0.25, 0.3) is 5.57 Å². The molecule has 138 valence electrons. The number of carbonyl (C=O) groups is 1. The van der Waals surface area contributed by atoms with Crippen molar-refractivity contribution in [2.45, 2.75) is 38.8 Å². The normalized spacial score (nSPS) is 19.8. The van der Waals surface area contributed by atoms with E-state index in [2.05, 4.69) is 21.1 Å². The lowest BCUT2D eigenvalue weighted by Gasteiger charge is -2.26. The van der Waals surface area contributed by atoms with Crippen LogP contribution in [0.3, 0.4) is 0 Å². The predicted molar refractivity (Wildman–Crippen MR) is 92.7 cm³/mol. The number of aliphatic hydroxyl groups excluding tert-OH is 1. The van der Waals surface area contributed by atoms with Crippen molar-refractivity contribution >= 4 is 11.6 Å². The van der Waals surface area contributed by atoms with E-state index in [0.29, 0.717) is 24.8 Å². The molecule has 0 saturated carbocycles. The number of urea groups is 1. The highest BCUT2D eigenvalue weighted by atomic mass is 16.5. The van der Waals surface area contributed by atoms with Gasteiger partial charge in [0.15, 0.2) is 5.82 Å². The lowest BCUT2D eigenvalue weighted by Crippen LogP contribution is -2.39. The number of likely N-dealkylation sites (tertiary alicyclic amines) is 1. The highest BCUT2D eigenvalue weighted by Crippen LogP contribution is 2.20. The van der Waals surface area contributed by atoms with E-state index in [9.17, 15) is 9.90 Å². The van der Waals surface area contributed by atoms with Crippen molar-refractivity contribution in [1.82, 2.24) is 24.8 Å². The van der Waals surface area contributed by atoms with Gasteiger partial charge in [-0.1, -0.05) is 11.2 Å². The lowest BCUT2D eigenvalue weighted by molar-refractivity contribution is 0.133. The van der Waals surface area contributed by atoms with Gasteiger partial charge in [0.05, 0.1) is 6.10 Å². The summed E-state index contributed by atoms with van der Waals surface area (Å²) in [6.07, 6.45) is 4.73. The number of hydrogen-bond donors (Lipinski definition) is 1. The van der Waals surface area contributed by atoms with Crippen LogP contribution in [0.4, 0.5) is 4.79 Å². The van der Waals surface area contributed by atoms with Crippen molar-refractivity contribution in [1.29, 1.82) is 0 Å². The number of nitrogens with zero attached hydrogens (tertiary/aromatic N) is 5. The molecule has 1 fully saturated rings. The zero-order valence-corrected chi connectivity index (χ0v) is 15.0. The van der Waals surface area contributed by atoms with E-state index >= 15 is 0 Å². The topological polar surface area (TPSA) is 85.9 Å². The highest BCUT2D eigenvalue weighted by molar-refractivity contribution is 5.74. The molecule has 1 aromatic rings. The first-order chi connectivity index (χ1) is 12.0. The van der Waals surface area contributed by atoms with Gasteiger partial charge in [-0.25, -0.2) is 4.79 Å². The molecule has 8 heteroatoms. The van der Waals surface area contributed by atoms with Gasteiger partial charge in [-0.3, -0.25) is 4.90 Å². The van der Waals surface area contributed by atoms with Gasteiger partial charge >= 0.3 is 6.03 Å². The maximum Gasteiger partial charge on any atom is 0.320 e. The summed E-state index contributed by atoms with van der Waals surface area (Å²) >= 11 is 0. The fourth-order valence-corrected chi connectivity index (χ4v) is 3.32. The number of carbonyl (C=O) groups excluding carboxylic acids is 1. The fraction of sp³-hybridized carbons (Fsp3) is 0.706. The average molecular weight is 349 g/mol. The molecule has 0 unspecified atom stereocenters. The van der Waals surface area contributed by atoms with Crippen molar-refractivity contribution in [2.24, 2.45) is 0 Å². The summed E-state index contributed by atoms with van der Waals surface area (Å²) in [4.78, 5) is 22.4. The van der Waals surface area contributed by atoms with Crippen LogP contribution >= 0.6 is 0 Å². The van der Waals surface area contributed by atoms with Crippen molar-refractivity contribution in [3.8, 4) is 0 Å². The van der Waals surface area contributed by atoms with E-state index in [-0.39, 0.29) is 12.1 Å². The van der Waals surface area contributed by atoms with E-state index in [0.717, 1.165) is 51.0 Å². The van der Waals surface area contributed by atoms with E-state index in [1.54, 1.807) is 18.9 Å². The molecule has 1 saturated heterocycles. The maximum absolute atomic E-state index is 12.3. The standard InChI is InChI=1S/C17H27N5O3/c1-13(23)11-21-9-5-14(6-10-21)16-18-15(25-19-16)12-20(2)17(24)22-7-3-4-8-22/h5,13,23H,3-4,6-12H2,1-2H3/t13-/m1/s1. The van der Waals surface area contributed by atoms with Gasteiger partial charge in [-0.2, -0.15) is 4.98 Å². The Bertz CT molecular complexity index is 622. The summed E-state index contributed by atoms with van der Waals surface area (Å²) in [5.74, 6) is 1.06. The first kappa shape index (κ1) is 17.9. The van der Waals surface area contributed by atoms with Gasteiger partial charge in [-0.15, -0.1) is 0 Å². The molecule has 0 aromatic carbocycles. The van der Waals surface area contributed by atoms with E-state index in [1.165, 1.54) is 0 Å². The molecule has 1 aromatic heterocycles. The first-order valence-electron chi connectivity index (χ1n) is 8.95. The number of hydrogen-bond acceptors (Lipinski definition) is 6. The van der Waals surface area contributed by atoms with Crippen LogP contribution in [0.15, 0.2) is 10.6 Å². The summed E-state index contributed by atoms with van der Waals surface area (Å²) in [6.45, 7) is 6.09. The van der Waals surface area contributed by atoms with Gasteiger partial charge in [-0.05, 0) is 31.8 Å². The second-order valence-electron chi connectivity index (χ2n) is 6.93. The summed E-state index contributed by atoms with van der Waals surface area (Å²) in [7, 11) is 1.76. The zero-order valence-electron chi connectivity index (χ0n) is 15.0. The second kappa shape index (κ2) is 7.97. The lowest BCUT2D eigenvalue weighted by atomic mass is 10.1. The largest absolute Gasteiger partial charge is 0.392 e. The van der Waals surface area contributed by atoms with E-state index in [4.69, 9.17) is 4.52 Å².